The fraction of sp³-hybridized carbons (Fsp3) is 0.903. The summed E-state index contributed by atoms with van der Waals surface area (Å²) in [5.74, 6) is 5.56. The molecule has 4 rings (SSSR count). The first kappa shape index (κ1) is 29.2. The molecule has 4 aliphatic rings. The number of carbonyl (C=O) groups is 1. The third kappa shape index (κ3) is 5.76. The molecule has 0 N–H and O–H groups in total. The number of carbonyl (C=O) groups excluding carboxylic acids is 1. The van der Waals surface area contributed by atoms with Crippen molar-refractivity contribution in [3.63, 3.8) is 0 Å². The van der Waals surface area contributed by atoms with E-state index in [4.69, 9.17) is 9.16 Å². The van der Waals surface area contributed by atoms with Gasteiger partial charge in [0.15, 0.2) is 0 Å². The summed E-state index contributed by atoms with van der Waals surface area (Å²) in [7, 11) is -1.67. The van der Waals surface area contributed by atoms with E-state index in [0.717, 1.165) is 18.5 Å². The topological polar surface area (TPSA) is 52.6 Å². The first-order chi connectivity index (χ1) is 17.3. The summed E-state index contributed by atoms with van der Waals surface area (Å²) in [6.45, 7) is 16.7. The fourth-order valence-corrected chi connectivity index (χ4v) is 11.7. The van der Waals surface area contributed by atoms with Gasteiger partial charge in [0.1, 0.15) is 0 Å². The third-order valence-electron chi connectivity index (χ3n) is 11.5. The zero-order chi connectivity index (χ0) is 27.2. The Labute approximate surface area is 229 Å². The van der Waals surface area contributed by atoms with Crippen molar-refractivity contribution in [2.45, 2.75) is 117 Å². The van der Waals surface area contributed by atoms with E-state index in [1.807, 2.05) is 0 Å². The Kier molecular flexibility index (Phi) is 8.71. The molecule has 210 valence electrons. The van der Waals surface area contributed by atoms with Crippen molar-refractivity contribution < 1.29 is 18.4 Å². The summed E-state index contributed by atoms with van der Waals surface area (Å²) >= 11 is 0. The summed E-state index contributed by atoms with van der Waals surface area (Å²) in [6.07, 6.45) is 13.0. The van der Waals surface area contributed by atoms with E-state index in [2.05, 4.69) is 53.4 Å². The maximum atomic E-state index is 12.5. The Bertz CT molecular complexity index is 894. The average molecular weight is 547 g/mol. The van der Waals surface area contributed by atoms with E-state index in [-0.39, 0.29) is 5.97 Å². The minimum Gasteiger partial charge on any atom is -0.547 e. The predicted octanol–water partition coefficient (Wildman–Crippen LogP) is 8.25. The van der Waals surface area contributed by atoms with Crippen LogP contribution in [0.5, 0.6) is 0 Å². The average Bonchev–Trinajstić information content (AvgIpc) is 3.19. The number of rotatable bonds is 9. The first-order valence-electron chi connectivity index (χ1n) is 15.3. The van der Waals surface area contributed by atoms with Crippen LogP contribution in [0.25, 0.3) is 0 Å². The smallest absolute Gasteiger partial charge is 0.305 e. The molecule has 2 unspecified atom stereocenters. The van der Waals surface area contributed by atoms with Gasteiger partial charge in [0, 0.05) is 12.3 Å². The molecule has 3 saturated carbocycles. The highest BCUT2D eigenvalue weighted by Crippen LogP contribution is 2.69. The Morgan fingerprint density at radius 3 is 2.43 bits per heavy atom. The van der Waals surface area contributed by atoms with E-state index < -0.39 is 17.0 Å². The zero-order valence-corrected chi connectivity index (χ0v) is 27.0. The lowest BCUT2D eigenvalue weighted by molar-refractivity contribution is -0.141. The standard InChI is InChI=1S/C31H54O4Si2/c1-9-36(33)20-22-14-16-30(3)23(18-22)19-27(35-37(6,7)8)29-25-12-11-24(21(2)10-13-28(32)34-5)31(25,4)17-15-26(29)30/h19,21-26,29H,9-18,20H2,1-8H3/t21?,22?,23-,24+,25-,26-,29-,30-,31+/m0/s1. The lowest BCUT2D eigenvalue weighted by Crippen LogP contribution is -2.54. The second-order valence-corrected chi connectivity index (χ2v) is 21.3. The van der Waals surface area contributed by atoms with Crippen molar-refractivity contribution in [3.05, 3.63) is 11.8 Å². The van der Waals surface area contributed by atoms with Gasteiger partial charge in [-0.15, -0.1) is 0 Å². The highest BCUT2D eigenvalue weighted by Gasteiger charge is 2.62. The Morgan fingerprint density at radius 2 is 1.78 bits per heavy atom. The Balaban J connectivity index is 1.62. The largest absolute Gasteiger partial charge is 0.547 e. The quantitative estimate of drug-likeness (QED) is 0.216. The van der Waals surface area contributed by atoms with Crippen LogP contribution in [0.15, 0.2) is 11.8 Å². The number of methoxy groups -OCH3 is 1. The summed E-state index contributed by atoms with van der Waals surface area (Å²) in [5.41, 5.74) is 0.658. The van der Waals surface area contributed by atoms with Crippen LogP contribution in [0.2, 0.25) is 31.7 Å². The van der Waals surface area contributed by atoms with Crippen molar-refractivity contribution in [3.8, 4) is 0 Å². The van der Waals surface area contributed by atoms with E-state index in [1.54, 1.807) is 0 Å². The van der Waals surface area contributed by atoms with Crippen LogP contribution < -0.4 is 0 Å². The molecule has 0 spiro atoms. The SMILES string of the molecule is CC[Si](=O)CC1CC[C@@]2(C)[C@H](C=C(O[Si](C)(C)C)[C@@H]3[C@@H]2CC[C@]2(C)[C@@H](C(C)CCC(=O)OC)CC[C@@H]32)C1. The predicted molar refractivity (Wildman–Crippen MR) is 154 cm³/mol. The van der Waals surface area contributed by atoms with Gasteiger partial charge < -0.3 is 13.6 Å². The highest BCUT2D eigenvalue weighted by atomic mass is 28.4. The van der Waals surface area contributed by atoms with Crippen molar-refractivity contribution in [1.29, 1.82) is 0 Å². The van der Waals surface area contributed by atoms with Gasteiger partial charge in [-0.1, -0.05) is 27.7 Å². The van der Waals surface area contributed by atoms with E-state index in [1.165, 1.54) is 57.8 Å². The van der Waals surface area contributed by atoms with Crippen molar-refractivity contribution >= 4 is 23.0 Å². The van der Waals surface area contributed by atoms with Gasteiger partial charge in [0.2, 0.25) is 8.32 Å². The van der Waals surface area contributed by atoms with Crippen LogP contribution in [0.4, 0.5) is 0 Å². The summed E-state index contributed by atoms with van der Waals surface area (Å²) in [5, 5.41) is 0. The normalized spacial score (nSPS) is 40.1. The van der Waals surface area contributed by atoms with Crippen LogP contribution in [0, 0.1) is 52.3 Å². The van der Waals surface area contributed by atoms with Gasteiger partial charge in [-0.3, -0.25) is 4.79 Å². The molecular formula is C31H54O4Si2. The molecule has 0 radical (unpaired) electrons. The van der Waals surface area contributed by atoms with Gasteiger partial charge in [-0.25, -0.2) is 0 Å². The maximum Gasteiger partial charge on any atom is 0.305 e. The summed E-state index contributed by atoms with van der Waals surface area (Å²) in [4.78, 5) is 11.9. The van der Waals surface area contributed by atoms with Gasteiger partial charge in [0.25, 0.3) is 8.68 Å². The van der Waals surface area contributed by atoms with Gasteiger partial charge in [0.05, 0.1) is 12.9 Å². The lowest BCUT2D eigenvalue weighted by Gasteiger charge is -2.60. The number of hydrogen-bond donors (Lipinski definition) is 0. The third-order valence-corrected chi connectivity index (χ3v) is 14.1. The summed E-state index contributed by atoms with van der Waals surface area (Å²) < 4.78 is 24.4. The second-order valence-electron chi connectivity index (χ2n) is 14.7. The number of esters is 1. The van der Waals surface area contributed by atoms with Gasteiger partial charge >= 0.3 is 5.97 Å². The summed E-state index contributed by atoms with van der Waals surface area (Å²) in [6, 6.07) is 1.80. The molecule has 0 aromatic heterocycles. The van der Waals surface area contributed by atoms with E-state index in [9.17, 15) is 9.26 Å². The molecule has 4 nitrogen and oxygen atoms in total. The number of hydrogen-bond acceptors (Lipinski definition) is 4. The molecular weight excluding hydrogens is 493 g/mol. The van der Waals surface area contributed by atoms with E-state index in [0.29, 0.717) is 58.7 Å². The Morgan fingerprint density at radius 1 is 1.11 bits per heavy atom. The lowest BCUT2D eigenvalue weighted by atomic mass is 9.45. The van der Waals surface area contributed by atoms with Crippen molar-refractivity contribution in [2.75, 3.05) is 7.11 Å². The van der Waals surface area contributed by atoms with Gasteiger partial charge in [-0.05, 0) is 136 Å². The van der Waals surface area contributed by atoms with E-state index >= 15 is 0 Å². The second kappa shape index (κ2) is 11.0. The minimum absolute atomic E-state index is 0.0740. The molecule has 4 aliphatic carbocycles. The van der Waals surface area contributed by atoms with Crippen LogP contribution >= 0.6 is 0 Å². The van der Waals surface area contributed by atoms with Crippen molar-refractivity contribution in [1.82, 2.24) is 0 Å². The molecule has 3 fully saturated rings. The monoisotopic (exact) mass is 546 g/mol. The molecule has 0 bridgehead atoms. The molecule has 0 heterocycles. The van der Waals surface area contributed by atoms with Crippen LogP contribution in [-0.2, 0) is 18.4 Å². The minimum atomic E-state index is -1.75. The fourth-order valence-electron chi connectivity index (χ4n) is 9.48. The van der Waals surface area contributed by atoms with Gasteiger partial charge in [-0.2, -0.15) is 0 Å². The molecule has 0 saturated heterocycles. The molecule has 0 aliphatic heterocycles. The molecule has 0 amide bonds. The first-order valence-corrected chi connectivity index (χ1v) is 20.5. The molecule has 9 atom stereocenters. The molecule has 6 heteroatoms. The van der Waals surface area contributed by atoms with Crippen LogP contribution in [-0.4, -0.2) is 30.1 Å². The molecule has 37 heavy (non-hydrogen) atoms. The molecule has 0 aromatic rings. The zero-order valence-electron chi connectivity index (χ0n) is 25.0. The van der Waals surface area contributed by atoms with Crippen molar-refractivity contribution in [2.24, 2.45) is 52.3 Å². The number of ether oxygens (including phenoxy) is 1. The van der Waals surface area contributed by atoms with Crippen LogP contribution in [0.3, 0.4) is 0 Å². The molecule has 0 aromatic carbocycles. The highest BCUT2D eigenvalue weighted by molar-refractivity contribution is 6.70. The number of allylic oxidation sites excluding steroid dienone is 2. The Hall–Kier alpha value is -0.756. The van der Waals surface area contributed by atoms with Crippen LogP contribution in [0.1, 0.15) is 85.5 Å². The number of fused-ring (bicyclic) bond motifs is 5. The maximum absolute atomic E-state index is 12.5.